The molecular weight excluding hydrogens is 618 g/mol. The summed E-state index contributed by atoms with van der Waals surface area (Å²) in [6.45, 7) is 11.0. The molecule has 47 heavy (non-hydrogen) atoms. The molecule has 4 rings (SSSR count). The first-order valence-corrected chi connectivity index (χ1v) is 15.0. The van der Waals surface area contributed by atoms with Crippen LogP contribution in [0.15, 0.2) is 84.9 Å². The van der Waals surface area contributed by atoms with Gasteiger partial charge in [0.05, 0.1) is 11.1 Å². The maximum Gasteiger partial charge on any atom is 0.417 e. The second-order valence-electron chi connectivity index (χ2n) is 13.1. The second-order valence-corrected chi connectivity index (χ2v) is 13.1. The molecule has 0 fully saturated rings. The zero-order chi connectivity index (χ0) is 34.9. The number of halogens is 6. The van der Waals surface area contributed by atoms with Crippen LogP contribution in [0, 0.1) is 0 Å². The zero-order valence-electron chi connectivity index (χ0n) is 26.9. The highest BCUT2D eigenvalue weighted by atomic mass is 19.4. The number of amides is 2. The van der Waals surface area contributed by atoms with E-state index in [1.165, 1.54) is 18.2 Å². The van der Waals surface area contributed by atoms with Crippen LogP contribution in [0.5, 0.6) is 0 Å². The Morgan fingerprint density at radius 2 is 1.04 bits per heavy atom. The van der Waals surface area contributed by atoms with E-state index in [1.54, 1.807) is 57.2 Å². The zero-order valence-corrected chi connectivity index (χ0v) is 26.9. The van der Waals surface area contributed by atoms with Gasteiger partial charge in [-0.2, -0.15) is 26.3 Å². The molecule has 0 aliphatic heterocycles. The number of nitrogens with one attached hydrogen (secondary N) is 2. The topological polar surface area (TPSA) is 58.2 Å². The molecule has 4 aromatic rings. The first-order valence-electron chi connectivity index (χ1n) is 15.0. The summed E-state index contributed by atoms with van der Waals surface area (Å²) in [4.78, 5) is 25.5. The number of anilines is 1. The highest BCUT2D eigenvalue weighted by Crippen LogP contribution is 2.44. The average Bonchev–Trinajstić information content (AvgIpc) is 2.99. The van der Waals surface area contributed by atoms with Crippen LogP contribution >= 0.6 is 0 Å². The van der Waals surface area contributed by atoms with E-state index in [1.807, 2.05) is 20.8 Å². The first-order chi connectivity index (χ1) is 21.7. The second kappa shape index (κ2) is 12.9. The van der Waals surface area contributed by atoms with E-state index in [0.29, 0.717) is 17.2 Å². The predicted octanol–water partition coefficient (Wildman–Crippen LogP) is 10.5. The summed E-state index contributed by atoms with van der Waals surface area (Å²) in [5.74, 6) is -0.898. The van der Waals surface area contributed by atoms with E-state index in [-0.39, 0.29) is 22.7 Å². The number of hydrogen-bond acceptors (Lipinski definition) is 2. The molecule has 0 bridgehead atoms. The van der Waals surface area contributed by atoms with Crippen molar-refractivity contribution in [2.45, 2.75) is 71.3 Å². The summed E-state index contributed by atoms with van der Waals surface area (Å²) in [5, 5.41) is 5.39. The number of carbonyl (C=O) groups is 2. The Balaban J connectivity index is 1.57. The predicted molar refractivity (Wildman–Crippen MR) is 172 cm³/mol. The molecule has 0 aliphatic carbocycles. The van der Waals surface area contributed by atoms with Crippen LogP contribution in [0.3, 0.4) is 0 Å². The van der Waals surface area contributed by atoms with Gasteiger partial charge in [0.15, 0.2) is 0 Å². The number of carbonyl (C=O) groups excluding carboxylic acids is 2. The lowest BCUT2D eigenvalue weighted by Crippen LogP contribution is -2.42. The van der Waals surface area contributed by atoms with Crippen LogP contribution in [0.1, 0.15) is 85.4 Å². The van der Waals surface area contributed by atoms with Gasteiger partial charge in [-0.25, -0.2) is 0 Å². The van der Waals surface area contributed by atoms with Gasteiger partial charge in [0.25, 0.3) is 11.8 Å². The van der Waals surface area contributed by atoms with Gasteiger partial charge in [0.1, 0.15) is 0 Å². The van der Waals surface area contributed by atoms with Crippen LogP contribution < -0.4 is 10.6 Å². The number of rotatable bonds is 7. The smallest absolute Gasteiger partial charge is 0.347 e. The van der Waals surface area contributed by atoms with Crippen molar-refractivity contribution in [3.05, 3.63) is 113 Å². The molecule has 0 aromatic heterocycles. The Labute approximate surface area is 270 Å². The lowest BCUT2D eigenvalue weighted by Gasteiger charge is -2.24. The molecule has 0 saturated heterocycles. The normalized spacial score (nSPS) is 12.5. The number of benzene rings is 4. The molecule has 0 saturated carbocycles. The van der Waals surface area contributed by atoms with Gasteiger partial charge in [0.2, 0.25) is 0 Å². The van der Waals surface area contributed by atoms with Crippen molar-refractivity contribution < 1.29 is 35.9 Å². The quantitative estimate of drug-likeness (QED) is 0.195. The summed E-state index contributed by atoms with van der Waals surface area (Å²) >= 11 is 0. The highest BCUT2D eigenvalue weighted by molar-refractivity contribution is 6.04. The number of hydrogen-bond donors (Lipinski definition) is 2. The van der Waals surface area contributed by atoms with Crippen molar-refractivity contribution in [2.24, 2.45) is 0 Å². The Kier molecular flexibility index (Phi) is 9.67. The van der Waals surface area contributed by atoms with Gasteiger partial charge in [-0.15, -0.1) is 0 Å². The third-order valence-corrected chi connectivity index (χ3v) is 8.03. The Hall–Kier alpha value is -4.60. The Morgan fingerprint density at radius 3 is 1.49 bits per heavy atom. The van der Waals surface area contributed by atoms with Crippen molar-refractivity contribution in [1.29, 1.82) is 0 Å². The van der Waals surface area contributed by atoms with Crippen LogP contribution in [0.4, 0.5) is 32.0 Å². The summed E-state index contributed by atoms with van der Waals surface area (Å²) < 4.78 is 84.9. The monoisotopic (exact) mass is 654 g/mol. The summed E-state index contributed by atoms with van der Waals surface area (Å²) in [5.41, 5.74) is -2.48. The van der Waals surface area contributed by atoms with Crippen LogP contribution in [0.2, 0.25) is 0 Å². The van der Waals surface area contributed by atoms with Gasteiger partial charge in [0, 0.05) is 22.4 Å². The van der Waals surface area contributed by atoms with E-state index in [0.717, 1.165) is 41.8 Å². The highest BCUT2D eigenvalue weighted by Gasteiger charge is 2.39. The fourth-order valence-electron chi connectivity index (χ4n) is 4.87. The molecule has 10 heteroatoms. The lowest BCUT2D eigenvalue weighted by molar-refractivity contribution is -0.139. The van der Waals surface area contributed by atoms with Crippen molar-refractivity contribution in [2.75, 3.05) is 5.32 Å². The first kappa shape index (κ1) is 35.3. The van der Waals surface area contributed by atoms with Gasteiger partial charge < -0.3 is 10.6 Å². The van der Waals surface area contributed by atoms with Crippen molar-refractivity contribution in [3.63, 3.8) is 0 Å². The molecule has 0 aliphatic rings. The van der Waals surface area contributed by atoms with Gasteiger partial charge in [-0.1, -0.05) is 70.2 Å². The van der Waals surface area contributed by atoms with Crippen molar-refractivity contribution >= 4 is 17.5 Å². The van der Waals surface area contributed by atoms with E-state index in [9.17, 15) is 35.9 Å². The molecular formula is C37H36F6N2O2. The molecule has 0 unspecified atom stereocenters. The summed E-state index contributed by atoms with van der Waals surface area (Å²) in [6, 6.07) is 19.3. The van der Waals surface area contributed by atoms with E-state index >= 15 is 0 Å². The molecule has 4 nitrogen and oxygen atoms in total. The summed E-state index contributed by atoms with van der Waals surface area (Å²) in [7, 11) is 0. The molecule has 0 heterocycles. The Morgan fingerprint density at radius 1 is 0.596 bits per heavy atom. The maximum atomic E-state index is 14.2. The fourth-order valence-corrected chi connectivity index (χ4v) is 4.87. The van der Waals surface area contributed by atoms with Gasteiger partial charge >= 0.3 is 12.4 Å². The van der Waals surface area contributed by atoms with E-state index in [4.69, 9.17) is 0 Å². The molecule has 0 spiro atoms. The van der Waals surface area contributed by atoms with Crippen molar-refractivity contribution in [3.8, 4) is 22.3 Å². The van der Waals surface area contributed by atoms with Crippen LogP contribution in [-0.4, -0.2) is 17.4 Å². The largest absolute Gasteiger partial charge is 0.417 e. The third-order valence-electron chi connectivity index (χ3n) is 8.03. The molecule has 2 amide bonds. The lowest BCUT2D eigenvalue weighted by atomic mass is 9.83. The van der Waals surface area contributed by atoms with Crippen molar-refractivity contribution in [1.82, 2.24) is 5.32 Å². The minimum atomic E-state index is -5.01. The molecule has 2 N–H and O–H groups in total. The molecule has 0 atom stereocenters. The van der Waals surface area contributed by atoms with Crippen LogP contribution in [0.25, 0.3) is 22.3 Å². The SMILES string of the molecule is CCC(C)(C)NC(=O)c1ccc(-c2ccc(C(=O)Nc3ccc(-c4ccc(C(C)(C)C)cc4C(F)(F)F)c(C(F)(F)F)c3)cc2)cc1. The van der Waals surface area contributed by atoms with Gasteiger partial charge in [-0.3, -0.25) is 9.59 Å². The minimum Gasteiger partial charge on any atom is -0.347 e. The molecule has 0 radical (unpaired) electrons. The van der Waals surface area contributed by atoms with Crippen LogP contribution in [-0.2, 0) is 17.8 Å². The van der Waals surface area contributed by atoms with Gasteiger partial charge in [-0.05, 0) is 96.0 Å². The average molecular weight is 655 g/mol. The number of alkyl halides is 6. The summed E-state index contributed by atoms with van der Waals surface area (Å²) in [6.07, 6.45) is -9.15. The Bertz CT molecular complexity index is 1770. The maximum absolute atomic E-state index is 14.2. The minimum absolute atomic E-state index is 0.154. The third kappa shape index (κ3) is 8.41. The van der Waals surface area contributed by atoms with E-state index in [2.05, 4.69) is 10.6 Å². The standard InChI is InChI=1S/C37H36F6N2O2/c1-7-35(5,6)45-33(47)25-14-10-23(11-15-25)22-8-12-24(13-9-22)32(46)44-27-17-19-29(31(21-27)37(41,42)43)28-18-16-26(34(2,3)4)20-30(28)36(38,39)40/h8-21H,7H2,1-6H3,(H,44,46)(H,45,47). The molecule has 248 valence electrons. The van der Waals surface area contributed by atoms with E-state index < -0.39 is 45.9 Å². The fraction of sp³-hybridized carbons (Fsp3) is 0.297. The molecule has 4 aromatic carbocycles.